The molecule has 1 unspecified atom stereocenters. The lowest BCUT2D eigenvalue weighted by molar-refractivity contribution is -0.139. The summed E-state index contributed by atoms with van der Waals surface area (Å²) in [5.41, 5.74) is 0.000000000000000666. The third-order valence-electron chi connectivity index (χ3n) is 1.16. The van der Waals surface area contributed by atoms with Crippen LogP contribution in [-0.4, -0.2) is 21.3 Å². The maximum Gasteiger partial charge on any atom is 0.336 e. The molecule has 0 aliphatic carbocycles. The van der Waals surface area contributed by atoms with Crippen molar-refractivity contribution in [3.63, 3.8) is 0 Å². The van der Waals surface area contributed by atoms with Crippen LogP contribution in [0, 0.1) is 0 Å². The largest absolute Gasteiger partial charge is 0.481 e. The van der Waals surface area contributed by atoms with Crippen molar-refractivity contribution in [1.29, 1.82) is 0 Å². The van der Waals surface area contributed by atoms with Crippen molar-refractivity contribution in [2.24, 2.45) is 0 Å². The Morgan fingerprint density at radius 1 is 1.55 bits per heavy atom. The Labute approximate surface area is 77.5 Å². The van der Waals surface area contributed by atoms with Crippen LogP contribution in [0.3, 0.4) is 0 Å². The van der Waals surface area contributed by atoms with E-state index in [0.717, 1.165) is 0 Å². The number of cyclic esters (lactones) is 1. The second-order valence-corrected chi connectivity index (χ2v) is 3.38. The second kappa shape index (κ2) is 3.09. The number of carbonyl (C=O) groups is 1. The SMILES string of the molecule is O=C1OC(O)=C(C(Cl)Cl)C1Cl. The molecule has 0 fully saturated rings. The zero-order chi connectivity index (χ0) is 8.59. The van der Waals surface area contributed by atoms with Crippen molar-refractivity contribution in [1.82, 2.24) is 0 Å². The summed E-state index contributed by atoms with van der Waals surface area (Å²) >= 11 is 16.2. The van der Waals surface area contributed by atoms with Gasteiger partial charge < -0.3 is 9.84 Å². The summed E-state index contributed by atoms with van der Waals surface area (Å²) in [5, 5.41) is 7.81. The van der Waals surface area contributed by atoms with E-state index in [9.17, 15) is 4.79 Å². The van der Waals surface area contributed by atoms with Crippen LogP contribution in [0.1, 0.15) is 0 Å². The molecule has 1 N–H and O–H groups in total. The van der Waals surface area contributed by atoms with Gasteiger partial charge in [-0.2, -0.15) is 0 Å². The summed E-state index contributed by atoms with van der Waals surface area (Å²) in [6.07, 6.45) is 0. The minimum Gasteiger partial charge on any atom is -0.481 e. The Kier molecular flexibility index (Phi) is 2.52. The van der Waals surface area contributed by atoms with Gasteiger partial charge >= 0.3 is 5.97 Å². The maximum absolute atomic E-state index is 10.6. The third kappa shape index (κ3) is 1.55. The average molecular weight is 217 g/mol. The lowest BCUT2D eigenvalue weighted by Gasteiger charge is -2.01. The first-order valence-corrected chi connectivity index (χ1v) is 3.92. The van der Waals surface area contributed by atoms with E-state index in [4.69, 9.17) is 39.9 Å². The molecule has 0 spiro atoms. The van der Waals surface area contributed by atoms with Gasteiger partial charge in [-0.25, -0.2) is 4.79 Å². The molecule has 6 heteroatoms. The minimum absolute atomic E-state index is 0.000000000000000666. The Bertz CT molecular complexity index is 223. The van der Waals surface area contributed by atoms with Crippen LogP contribution < -0.4 is 0 Å². The maximum atomic E-state index is 10.6. The number of ether oxygens (including phenoxy) is 1. The van der Waals surface area contributed by atoms with Gasteiger partial charge in [0, 0.05) is 0 Å². The predicted molar refractivity (Wildman–Crippen MR) is 40.9 cm³/mol. The second-order valence-electron chi connectivity index (χ2n) is 1.84. The number of alkyl halides is 3. The van der Waals surface area contributed by atoms with Gasteiger partial charge in [-0.1, -0.05) is 0 Å². The van der Waals surface area contributed by atoms with Gasteiger partial charge in [-0.15, -0.1) is 34.8 Å². The van der Waals surface area contributed by atoms with Gasteiger partial charge in [0.05, 0.1) is 5.57 Å². The van der Waals surface area contributed by atoms with E-state index >= 15 is 0 Å². The number of hydrogen-bond acceptors (Lipinski definition) is 3. The first-order valence-electron chi connectivity index (χ1n) is 2.61. The van der Waals surface area contributed by atoms with Crippen LogP contribution in [0.25, 0.3) is 0 Å². The number of halogens is 3. The third-order valence-corrected chi connectivity index (χ3v) is 2.04. The topological polar surface area (TPSA) is 46.5 Å². The lowest BCUT2D eigenvalue weighted by atomic mass is 10.2. The van der Waals surface area contributed by atoms with Crippen molar-refractivity contribution < 1.29 is 14.6 Å². The lowest BCUT2D eigenvalue weighted by Crippen LogP contribution is -2.13. The molecule has 0 aromatic rings. The molecule has 62 valence electrons. The molecule has 11 heavy (non-hydrogen) atoms. The van der Waals surface area contributed by atoms with Crippen LogP contribution in [0.15, 0.2) is 11.5 Å². The fourth-order valence-corrected chi connectivity index (χ4v) is 1.48. The summed E-state index contributed by atoms with van der Waals surface area (Å²) in [6.45, 7) is 0. The fourth-order valence-electron chi connectivity index (χ4n) is 0.645. The summed E-state index contributed by atoms with van der Waals surface area (Å²) in [4.78, 5) is 9.60. The minimum atomic E-state index is -1.07. The Morgan fingerprint density at radius 3 is 2.27 bits per heavy atom. The van der Waals surface area contributed by atoms with E-state index in [1.54, 1.807) is 0 Å². The molecule has 0 aromatic heterocycles. The number of aliphatic hydroxyl groups excluding tert-OH is 1. The zero-order valence-electron chi connectivity index (χ0n) is 5.05. The fraction of sp³-hybridized carbons (Fsp3) is 0.400. The van der Waals surface area contributed by atoms with Crippen molar-refractivity contribution in [3.8, 4) is 0 Å². The molecule has 1 aliphatic rings. The number of rotatable bonds is 1. The molecule has 0 saturated carbocycles. The number of hydrogen-bond donors (Lipinski definition) is 1. The highest BCUT2D eigenvalue weighted by molar-refractivity contribution is 6.48. The zero-order valence-corrected chi connectivity index (χ0v) is 7.32. The van der Waals surface area contributed by atoms with E-state index in [1.807, 2.05) is 0 Å². The molecule has 0 amide bonds. The molecular formula is C5H3Cl3O3. The summed E-state index contributed by atoms with van der Waals surface area (Å²) < 4.78 is 4.24. The summed E-state index contributed by atoms with van der Waals surface area (Å²) in [7, 11) is 0. The van der Waals surface area contributed by atoms with Gasteiger partial charge in [-0.05, 0) is 0 Å². The average Bonchev–Trinajstić information content (AvgIpc) is 2.07. The van der Waals surface area contributed by atoms with Crippen LogP contribution in [0.4, 0.5) is 0 Å². The molecule has 3 nitrogen and oxygen atoms in total. The van der Waals surface area contributed by atoms with Crippen molar-refractivity contribution in [2.45, 2.75) is 10.2 Å². The molecular weight excluding hydrogens is 214 g/mol. The molecule has 0 radical (unpaired) electrons. The van der Waals surface area contributed by atoms with Crippen molar-refractivity contribution in [3.05, 3.63) is 11.5 Å². The molecule has 1 aliphatic heterocycles. The van der Waals surface area contributed by atoms with Crippen molar-refractivity contribution in [2.75, 3.05) is 0 Å². The van der Waals surface area contributed by atoms with Gasteiger partial charge in [0.1, 0.15) is 4.84 Å². The monoisotopic (exact) mass is 216 g/mol. The predicted octanol–water partition coefficient (Wildman–Crippen LogP) is 1.72. The molecule has 0 aromatic carbocycles. The van der Waals surface area contributed by atoms with Crippen LogP contribution >= 0.6 is 34.8 Å². The summed E-state index contributed by atoms with van der Waals surface area (Å²) in [5.74, 6) is -1.35. The van der Waals surface area contributed by atoms with Gasteiger partial charge in [0.2, 0.25) is 0 Å². The number of carbonyl (C=O) groups excluding carboxylic acids is 1. The highest BCUT2D eigenvalue weighted by Crippen LogP contribution is 2.30. The van der Waals surface area contributed by atoms with E-state index < -0.39 is 22.1 Å². The van der Waals surface area contributed by atoms with E-state index in [1.165, 1.54) is 0 Å². The smallest absolute Gasteiger partial charge is 0.336 e. The van der Waals surface area contributed by atoms with Gasteiger partial charge in [0.15, 0.2) is 5.38 Å². The Hall–Kier alpha value is -0.120. The molecule has 1 rings (SSSR count). The first kappa shape index (κ1) is 8.97. The normalized spacial score (nSPS) is 24.7. The Balaban J connectivity index is 2.91. The standard InChI is InChI=1S/C5H3Cl3O3/c6-2-1(3(7)8)4(9)11-5(2)10/h2-3,9H. The molecule has 1 heterocycles. The van der Waals surface area contributed by atoms with E-state index in [0.29, 0.717) is 0 Å². The quantitative estimate of drug-likeness (QED) is 0.537. The van der Waals surface area contributed by atoms with E-state index in [2.05, 4.69) is 4.74 Å². The van der Waals surface area contributed by atoms with Crippen LogP contribution in [-0.2, 0) is 9.53 Å². The van der Waals surface area contributed by atoms with Gasteiger partial charge in [0.25, 0.3) is 5.95 Å². The summed E-state index contributed by atoms with van der Waals surface area (Å²) in [6, 6.07) is 0. The molecule has 0 saturated heterocycles. The molecule has 0 bridgehead atoms. The first-order chi connectivity index (χ1) is 5.04. The van der Waals surface area contributed by atoms with Crippen molar-refractivity contribution >= 4 is 40.8 Å². The van der Waals surface area contributed by atoms with Gasteiger partial charge in [-0.3, -0.25) is 0 Å². The highest BCUT2D eigenvalue weighted by atomic mass is 35.5. The number of esters is 1. The Morgan fingerprint density at radius 2 is 2.09 bits per heavy atom. The highest BCUT2D eigenvalue weighted by Gasteiger charge is 2.37. The molecule has 1 atom stereocenters. The van der Waals surface area contributed by atoms with E-state index in [-0.39, 0.29) is 5.57 Å². The van der Waals surface area contributed by atoms with Crippen LogP contribution in [0.5, 0.6) is 0 Å². The number of aliphatic hydroxyl groups is 1. The van der Waals surface area contributed by atoms with Crippen LogP contribution in [0.2, 0.25) is 0 Å².